The number of pyridine rings is 1. The lowest BCUT2D eigenvalue weighted by atomic mass is 9.88. The number of rotatable bonds is 5. The maximum atomic E-state index is 13.2. The number of hydrogen-bond acceptors (Lipinski definition) is 8. The molecule has 1 fully saturated rings. The number of alkyl carbamates (subject to hydrolysis) is 1. The van der Waals surface area contributed by atoms with Gasteiger partial charge in [0.05, 0.1) is 42.5 Å². The van der Waals surface area contributed by atoms with Crippen LogP contribution >= 0.6 is 0 Å². The van der Waals surface area contributed by atoms with Gasteiger partial charge in [-0.25, -0.2) is 4.79 Å². The standard InChI is InChI=1S/C25H33N7O3/c1-4-15-5-6-16-10-17(26)23(29-19(16)9-15)24(33)30-20-11-28-8-7-21(20)32-12-14(2)22(18(27)13-32)31-25(34)35-3/h5-11,14,16,18-19,22H,4,12-13,26-27H2,1-3H3,(H,30,33)(H,31,34)/t14-,16?,18+,19?,22-/m0/s1. The van der Waals surface area contributed by atoms with Gasteiger partial charge in [-0.15, -0.1) is 0 Å². The third-order valence-corrected chi connectivity index (χ3v) is 6.73. The van der Waals surface area contributed by atoms with Crippen molar-refractivity contribution in [3.8, 4) is 0 Å². The normalized spacial score (nSPS) is 27.7. The van der Waals surface area contributed by atoms with Crippen LogP contribution < -0.4 is 27.0 Å². The molecule has 5 atom stereocenters. The molecular formula is C25H33N7O3. The number of nitrogens with two attached hydrogens (primary N) is 2. The van der Waals surface area contributed by atoms with Crippen molar-refractivity contribution < 1.29 is 14.3 Å². The minimum absolute atomic E-state index is 0.0479. The number of aromatic nitrogens is 1. The van der Waals surface area contributed by atoms with E-state index in [0.29, 0.717) is 24.5 Å². The van der Waals surface area contributed by atoms with Gasteiger partial charge in [0, 0.05) is 31.2 Å². The molecule has 1 aliphatic carbocycles. The fourth-order valence-corrected chi connectivity index (χ4v) is 4.85. The Labute approximate surface area is 205 Å². The van der Waals surface area contributed by atoms with Crippen LogP contribution in [0.15, 0.2) is 59.0 Å². The van der Waals surface area contributed by atoms with Crippen LogP contribution in [0, 0.1) is 11.8 Å². The Balaban J connectivity index is 1.51. The average Bonchev–Trinajstić information content (AvgIpc) is 2.85. The molecule has 6 N–H and O–H groups in total. The molecule has 0 radical (unpaired) electrons. The zero-order valence-electron chi connectivity index (χ0n) is 20.3. The van der Waals surface area contributed by atoms with Crippen LogP contribution in [0.2, 0.25) is 0 Å². The Bertz CT molecular complexity index is 1100. The van der Waals surface area contributed by atoms with Gasteiger partial charge >= 0.3 is 6.09 Å². The van der Waals surface area contributed by atoms with Crippen LogP contribution in [0.3, 0.4) is 0 Å². The van der Waals surface area contributed by atoms with E-state index in [4.69, 9.17) is 16.2 Å². The molecule has 2 unspecified atom stereocenters. The molecule has 0 bridgehead atoms. The van der Waals surface area contributed by atoms with Gasteiger partial charge in [0.2, 0.25) is 0 Å². The topological polar surface area (TPSA) is 148 Å². The molecule has 186 valence electrons. The number of allylic oxidation sites excluding steroid dienone is 2. The monoisotopic (exact) mass is 479 g/mol. The van der Waals surface area contributed by atoms with Crippen molar-refractivity contribution in [1.82, 2.24) is 10.3 Å². The summed E-state index contributed by atoms with van der Waals surface area (Å²) in [4.78, 5) is 35.9. The Morgan fingerprint density at radius 1 is 1.29 bits per heavy atom. The largest absolute Gasteiger partial charge is 0.453 e. The number of fused-ring (bicyclic) bond motifs is 1. The van der Waals surface area contributed by atoms with Crippen LogP contribution in [-0.2, 0) is 9.53 Å². The number of amides is 2. The van der Waals surface area contributed by atoms with Gasteiger partial charge in [-0.2, -0.15) is 0 Å². The molecule has 1 saturated heterocycles. The molecule has 0 aromatic carbocycles. The number of hydrogen-bond donors (Lipinski definition) is 4. The highest BCUT2D eigenvalue weighted by Crippen LogP contribution is 2.30. The van der Waals surface area contributed by atoms with E-state index in [2.05, 4.69) is 50.7 Å². The Kier molecular flexibility index (Phi) is 7.20. The second-order valence-electron chi connectivity index (χ2n) is 9.18. The summed E-state index contributed by atoms with van der Waals surface area (Å²) < 4.78 is 4.73. The minimum atomic E-state index is -0.502. The first-order chi connectivity index (χ1) is 16.8. The summed E-state index contributed by atoms with van der Waals surface area (Å²) in [7, 11) is 1.33. The highest BCUT2D eigenvalue weighted by atomic mass is 16.5. The number of anilines is 2. The van der Waals surface area contributed by atoms with Crippen LogP contribution in [0.5, 0.6) is 0 Å². The van der Waals surface area contributed by atoms with Crippen LogP contribution in [0.1, 0.15) is 20.3 Å². The molecular weight excluding hydrogens is 446 g/mol. The smallest absolute Gasteiger partial charge is 0.407 e. The predicted molar refractivity (Wildman–Crippen MR) is 136 cm³/mol. The summed E-state index contributed by atoms with van der Waals surface area (Å²) in [6, 6.07) is 1.14. The second-order valence-corrected chi connectivity index (χ2v) is 9.18. The fourth-order valence-electron chi connectivity index (χ4n) is 4.85. The summed E-state index contributed by atoms with van der Waals surface area (Å²) in [5.41, 5.74) is 15.7. The molecule has 4 rings (SSSR count). The van der Waals surface area contributed by atoms with Gasteiger partial charge in [-0.3, -0.25) is 14.8 Å². The molecule has 0 saturated carbocycles. The van der Waals surface area contributed by atoms with Crippen molar-refractivity contribution in [2.45, 2.75) is 38.4 Å². The van der Waals surface area contributed by atoms with E-state index >= 15 is 0 Å². The lowest BCUT2D eigenvalue weighted by Gasteiger charge is -2.42. The number of nitrogens with one attached hydrogen (secondary N) is 2. The minimum Gasteiger partial charge on any atom is -0.453 e. The average molecular weight is 480 g/mol. The lowest BCUT2D eigenvalue weighted by Crippen LogP contribution is -2.62. The van der Waals surface area contributed by atoms with E-state index in [1.165, 1.54) is 12.7 Å². The third-order valence-electron chi connectivity index (χ3n) is 6.73. The van der Waals surface area contributed by atoms with E-state index in [1.54, 1.807) is 12.4 Å². The van der Waals surface area contributed by atoms with Gasteiger partial charge < -0.3 is 31.7 Å². The number of ether oxygens (including phenoxy) is 1. The molecule has 0 spiro atoms. The highest BCUT2D eigenvalue weighted by Gasteiger charge is 2.35. The van der Waals surface area contributed by atoms with Crippen molar-refractivity contribution in [3.05, 3.63) is 54.0 Å². The summed E-state index contributed by atoms with van der Waals surface area (Å²) in [5.74, 6) is -0.280. The molecule has 3 heterocycles. The van der Waals surface area contributed by atoms with Gasteiger partial charge in [-0.05, 0) is 24.5 Å². The molecule has 1 aromatic rings. The van der Waals surface area contributed by atoms with Crippen LogP contribution in [0.25, 0.3) is 0 Å². The molecule has 2 amide bonds. The van der Waals surface area contributed by atoms with Crippen LogP contribution in [-0.4, -0.2) is 61.0 Å². The molecule has 1 aromatic heterocycles. The fraction of sp³-hybridized carbons (Fsp3) is 0.440. The molecule has 3 aliphatic rings. The quantitative estimate of drug-likeness (QED) is 0.502. The second kappa shape index (κ2) is 10.3. The number of dihydropyridines is 1. The lowest BCUT2D eigenvalue weighted by molar-refractivity contribution is -0.110. The number of carbonyl (C=O) groups is 2. The van der Waals surface area contributed by atoms with E-state index in [0.717, 1.165) is 12.1 Å². The van der Waals surface area contributed by atoms with Gasteiger partial charge in [0.25, 0.3) is 5.91 Å². The van der Waals surface area contributed by atoms with E-state index < -0.39 is 6.09 Å². The molecule has 10 nitrogen and oxygen atoms in total. The number of aliphatic imine (C=N–C) groups is 1. The summed E-state index contributed by atoms with van der Waals surface area (Å²) in [5, 5.41) is 5.77. The Hall–Kier alpha value is -3.66. The van der Waals surface area contributed by atoms with Crippen molar-refractivity contribution >= 4 is 29.1 Å². The highest BCUT2D eigenvalue weighted by molar-refractivity contribution is 6.49. The zero-order valence-corrected chi connectivity index (χ0v) is 20.3. The Morgan fingerprint density at radius 2 is 2.09 bits per heavy atom. The number of nitrogens with zero attached hydrogens (tertiary/aromatic N) is 3. The number of carbonyl (C=O) groups excluding carboxylic acids is 2. The van der Waals surface area contributed by atoms with Gasteiger partial charge in [0.15, 0.2) is 0 Å². The number of methoxy groups -OCH3 is 1. The SMILES string of the molecule is CCC1=CC2N=C(C(=O)Nc3cnccc3N3C[C@@H](N)[C@@H](NC(=O)OC)[C@@H](C)C3)C(N)=CC2C=C1. The van der Waals surface area contributed by atoms with E-state index in [1.807, 2.05) is 19.1 Å². The Morgan fingerprint density at radius 3 is 2.80 bits per heavy atom. The maximum Gasteiger partial charge on any atom is 0.407 e. The third kappa shape index (κ3) is 5.22. The van der Waals surface area contributed by atoms with Crippen LogP contribution in [0.4, 0.5) is 16.2 Å². The van der Waals surface area contributed by atoms with Crippen molar-refractivity contribution in [2.24, 2.45) is 28.3 Å². The van der Waals surface area contributed by atoms with E-state index in [-0.39, 0.29) is 41.6 Å². The summed E-state index contributed by atoms with van der Waals surface area (Å²) in [6.07, 6.45) is 11.8. The maximum absolute atomic E-state index is 13.2. The first-order valence-electron chi connectivity index (χ1n) is 11.9. The molecule has 2 aliphatic heterocycles. The first-order valence-corrected chi connectivity index (χ1v) is 11.9. The van der Waals surface area contributed by atoms with Gasteiger partial charge in [-0.1, -0.05) is 37.6 Å². The first kappa shape index (κ1) is 24.5. The predicted octanol–water partition coefficient (Wildman–Crippen LogP) is 1.72. The van der Waals surface area contributed by atoms with E-state index in [9.17, 15) is 9.59 Å². The van der Waals surface area contributed by atoms with Crippen molar-refractivity contribution in [3.63, 3.8) is 0 Å². The molecule has 10 heteroatoms. The van der Waals surface area contributed by atoms with Crippen molar-refractivity contribution in [2.75, 3.05) is 30.4 Å². The molecule has 35 heavy (non-hydrogen) atoms. The summed E-state index contributed by atoms with van der Waals surface area (Å²) in [6.45, 7) is 5.21. The summed E-state index contributed by atoms with van der Waals surface area (Å²) >= 11 is 0. The zero-order chi connectivity index (χ0) is 25.1. The van der Waals surface area contributed by atoms with Crippen molar-refractivity contribution in [1.29, 1.82) is 0 Å². The number of piperidine rings is 1. The van der Waals surface area contributed by atoms with Gasteiger partial charge in [0.1, 0.15) is 5.71 Å².